The lowest BCUT2D eigenvalue weighted by molar-refractivity contribution is -0.127. The van der Waals surface area contributed by atoms with E-state index >= 15 is 0 Å². The highest BCUT2D eigenvalue weighted by atomic mass is 35.5. The van der Waals surface area contributed by atoms with E-state index in [9.17, 15) is 9.59 Å². The molecule has 0 atom stereocenters. The molecule has 0 aliphatic carbocycles. The first-order valence-electron chi connectivity index (χ1n) is 4.65. The van der Waals surface area contributed by atoms with Crippen LogP contribution in [0.2, 0.25) is 5.02 Å². The van der Waals surface area contributed by atoms with Crippen LogP contribution in [0.15, 0.2) is 24.3 Å². The third-order valence-electron chi connectivity index (χ3n) is 1.53. The molecule has 0 radical (unpaired) electrons. The Morgan fingerprint density at radius 1 is 1.50 bits per heavy atom. The van der Waals surface area contributed by atoms with Crippen molar-refractivity contribution >= 4 is 29.5 Å². The summed E-state index contributed by atoms with van der Waals surface area (Å²) >= 11 is 5.69. The molecule has 0 saturated carbocycles. The second kappa shape index (κ2) is 8.88. The van der Waals surface area contributed by atoms with E-state index in [2.05, 4.69) is 10.1 Å². The highest BCUT2D eigenvalue weighted by molar-refractivity contribution is 6.36. The molecular weight excluding hydrogens is 230 g/mol. The fourth-order valence-corrected chi connectivity index (χ4v) is 0.908. The molecule has 0 aliphatic heterocycles. The molecule has 1 rings (SSSR count). The molecule has 1 N–H and O–H groups in total. The van der Waals surface area contributed by atoms with Crippen molar-refractivity contribution in [2.24, 2.45) is 0 Å². The number of anilines is 1. The van der Waals surface area contributed by atoms with Crippen molar-refractivity contribution in [2.75, 3.05) is 19.0 Å². The van der Waals surface area contributed by atoms with E-state index in [4.69, 9.17) is 11.6 Å². The van der Waals surface area contributed by atoms with Crippen LogP contribution in [-0.2, 0) is 14.3 Å². The number of para-hydroxylation sites is 1. The highest BCUT2D eigenvalue weighted by Gasteiger charge is 2.01. The molecule has 1 amide bonds. The molecule has 0 heterocycles. The molecule has 0 bridgehead atoms. The van der Waals surface area contributed by atoms with Gasteiger partial charge in [0.2, 0.25) is 6.29 Å². The number of hydrogen-bond acceptors (Lipinski definition) is 3. The van der Waals surface area contributed by atoms with Gasteiger partial charge in [0.25, 0.3) is 5.91 Å². The van der Waals surface area contributed by atoms with Crippen LogP contribution in [0.4, 0.5) is 5.69 Å². The molecule has 0 fully saturated rings. The molecule has 5 heteroatoms. The molecular formula is C11H14ClNO3. The summed E-state index contributed by atoms with van der Waals surface area (Å²) in [5, 5.41) is 2.73. The summed E-state index contributed by atoms with van der Waals surface area (Å²) in [5.74, 6) is -0.705. The van der Waals surface area contributed by atoms with Gasteiger partial charge in [0, 0.05) is 13.7 Å². The number of methoxy groups -OCH3 is 1. The summed E-state index contributed by atoms with van der Waals surface area (Å²) in [5.41, 5.74) is 0.441. The number of amides is 1. The Morgan fingerprint density at radius 3 is 2.50 bits per heavy atom. The molecule has 0 saturated heterocycles. The Bertz CT molecular complexity index is 340. The summed E-state index contributed by atoms with van der Waals surface area (Å²) in [7, 11) is 1.68. The largest absolute Gasteiger partial charge is 0.385 e. The zero-order valence-electron chi connectivity index (χ0n) is 9.20. The average Bonchev–Trinajstić information content (AvgIpc) is 2.32. The van der Waals surface area contributed by atoms with Gasteiger partial charge >= 0.3 is 0 Å². The van der Waals surface area contributed by atoms with E-state index in [1.54, 1.807) is 31.4 Å². The summed E-state index contributed by atoms with van der Waals surface area (Å²) in [4.78, 5) is 20.6. The lowest BCUT2D eigenvalue weighted by Crippen LogP contribution is -2.12. The van der Waals surface area contributed by atoms with Gasteiger partial charge in [0.1, 0.15) is 0 Å². The van der Waals surface area contributed by atoms with Gasteiger partial charge in [-0.25, -0.2) is 0 Å². The van der Waals surface area contributed by atoms with Crippen molar-refractivity contribution < 1.29 is 14.3 Å². The Hall–Kier alpha value is -1.39. The minimum Gasteiger partial charge on any atom is -0.385 e. The van der Waals surface area contributed by atoms with E-state index in [0.717, 1.165) is 6.61 Å². The zero-order chi connectivity index (χ0) is 12.4. The number of nitrogens with one attached hydrogen (secondary N) is 1. The Kier molecular flexibility index (Phi) is 8.11. The predicted molar refractivity (Wildman–Crippen MR) is 63.7 cm³/mol. The van der Waals surface area contributed by atoms with Crippen LogP contribution in [0, 0.1) is 0 Å². The van der Waals surface area contributed by atoms with Crippen LogP contribution in [0.25, 0.3) is 0 Å². The van der Waals surface area contributed by atoms with Gasteiger partial charge in [-0.2, -0.15) is 0 Å². The van der Waals surface area contributed by atoms with Crippen LogP contribution >= 0.6 is 11.6 Å². The second-order valence-electron chi connectivity index (χ2n) is 2.66. The SMILES string of the molecule is CCOC.O=CC(=O)Nc1ccccc1Cl. The van der Waals surface area contributed by atoms with Crippen molar-refractivity contribution in [2.45, 2.75) is 6.92 Å². The maximum atomic E-state index is 10.6. The number of halogens is 1. The van der Waals surface area contributed by atoms with Gasteiger partial charge in [0.15, 0.2) is 0 Å². The van der Waals surface area contributed by atoms with Crippen LogP contribution in [-0.4, -0.2) is 25.9 Å². The maximum absolute atomic E-state index is 10.6. The number of ether oxygens (including phenoxy) is 1. The number of carbonyl (C=O) groups excluding carboxylic acids is 2. The quantitative estimate of drug-likeness (QED) is 0.654. The molecule has 1 aromatic carbocycles. The molecule has 0 aliphatic rings. The minimum absolute atomic E-state index is 0.198. The molecule has 0 aromatic heterocycles. The van der Waals surface area contributed by atoms with Crippen LogP contribution < -0.4 is 5.32 Å². The van der Waals surface area contributed by atoms with Gasteiger partial charge < -0.3 is 10.1 Å². The predicted octanol–water partition coefficient (Wildman–Crippen LogP) is 2.13. The summed E-state index contributed by atoms with van der Waals surface area (Å²) in [6, 6.07) is 6.69. The molecule has 0 unspecified atom stereocenters. The normalized spacial score (nSPS) is 8.69. The molecule has 4 nitrogen and oxygen atoms in total. The Balaban J connectivity index is 0.000000487. The van der Waals surface area contributed by atoms with Gasteiger partial charge in [-0.15, -0.1) is 0 Å². The summed E-state index contributed by atoms with van der Waals surface area (Å²) in [6.45, 7) is 2.78. The van der Waals surface area contributed by atoms with Crippen molar-refractivity contribution in [3.05, 3.63) is 29.3 Å². The van der Waals surface area contributed by atoms with Crippen molar-refractivity contribution in [1.82, 2.24) is 0 Å². The number of aldehydes is 1. The number of hydrogen-bond donors (Lipinski definition) is 1. The van der Waals surface area contributed by atoms with Crippen molar-refractivity contribution in [1.29, 1.82) is 0 Å². The maximum Gasteiger partial charge on any atom is 0.288 e. The monoisotopic (exact) mass is 243 g/mol. The highest BCUT2D eigenvalue weighted by Crippen LogP contribution is 2.19. The van der Waals surface area contributed by atoms with Crippen LogP contribution in [0.3, 0.4) is 0 Å². The average molecular weight is 244 g/mol. The van der Waals surface area contributed by atoms with Crippen molar-refractivity contribution in [3.63, 3.8) is 0 Å². The topological polar surface area (TPSA) is 55.4 Å². The molecule has 16 heavy (non-hydrogen) atoms. The Labute approximate surface area is 99.6 Å². The number of carbonyl (C=O) groups is 2. The van der Waals surface area contributed by atoms with E-state index in [1.165, 1.54) is 0 Å². The Morgan fingerprint density at radius 2 is 2.06 bits per heavy atom. The first-order chi connectivity index (χ1) is 7.65. The van der Waals surface area contributed by atoms with Gasteiger partial charge in [-0.05, 0) is 19.1 Å². The molecule has 1 aromatic rings. The molecule has 88 valence electrons. The third-order valence-corrected chi connectivity index (χ3v) is 1.86. The minimum atomic E-state index is -0.705. The van der Waals surface area contributed by atoms with E-state index < -0.39 is 5.91 Å². The smallest absolute Gasteiger partial charge is 0.288 e. The summed E-state index contributed by atoms with van der Waals surface area (Å²) in [6.07, 6.45) is 0.198. The van der Waals surface area contributed by atoms with Gasteiger partial charge in [0.05, 0.1) is 10.7 Å². The standard InChI is InChI=1S/C8H6ClNO2.C3H8O/c9-6-3-1-2-4-7(6)10-8(12)5-11;1-3-4-2/h1-5H,(H,10,12);3H2,1-2H3. The van der Waals surface area contributed by atoms with Crippen LogP contribution in [0.1, 0.15) is 6.92 Å². The number of benzene rings is 1. The lowest BCUT2D eigenvalue weighted by atomic mass is 10.3. The van der Waals surface area contributed by atoms with E-state index in [1.807, 2.05) is 6.92 Å². The van der Waals surface area contributed by atoms with Crippen LogP contribution in [0.5, 0.6) is 0 Å². The second-order valence-corrected chi connectivity index (χ2v) is 3.07. The van der Waals surface area contributed by atoms with E-state index in [0.29, 0.717) is 10.7 Å². The van der Waals surface area contributed by atoms with Gasteiger partial charge in [-0.3, -0.25) is 9.59 Å². The first-order valence-corrected chi connectivity index (χ1v) is 5.03. The number of rotatable bonds is 3. The fraction of sp³-hybridized carbons (Fsp3) is 0.273. The zero-order valence-corrected chi connectivity index (χ0v) is 9.95. The molecule has 0 spiro atoms. The lowest BCUT2D eigenvalue weighted by Gasteiger charge is -2.01. The summed E-state index contributed by atoms with van der Waals surface area (Å²) < 4.78 is 4.54. The first kappa shape index (κ1) is 14.6. The van der Waals surface area contributed by atoms with Gasteiger partial charge in [-0.1, -0.05) is 23.7 Å². The fourth-order valence-electron chi connectivity index (χ4n) is 0.725. The third kappa shape index (κ3) is 6.16. The van der Waals surface area contributed by atoms with Crippen molar-refractivity contribution in [3.8, 4) is 0 Å². The van der Waals surface area contributed by atoms with E-state index in [-0.39, 0.29) is 6.29 Å².